The summed E-state index contributed by atoms with van der Waals surface area (Å²) in [5.41, 5.74) is 3.07. The minimum absolute atomic E-state index is 0.0208. The number of anilines is 3. The number of carbonyl (C=O) groups excluding carboxylic acids is 2. The summed E-state index contributed by atoms with van der Waals surface area (Å²) in [6.45, 7) is 0. The van der Waals surface area contributed by atoms with Gasteiger partial charge in [0.25, 0.3) is 15.9 Å². The van der Waals surface area contributed by atoms with Crippen molar-refractivity contribution in [1.29, 1.82) is 0 Å². The maximum absolute atomic E-state index is 13.4. The number of urea groups is 1. The van der Waals surface area contributed by atoms with Crippen LogP contribution < -0.4 is 20.7 Å². The van der Waals surface area contributed by atoms with Gasteiger partial charge in [0.15, 0.2) is 0 Å². The summed E-state index contributed by atoms with van der Waals surface area (Å²) in [5, 5.41) is 8.10. The van der Waals surface area contributed by atoms with E-state index in [2.05, 4.69) is 27.8 Å². The molecule has 0 unspecified atom stereocenters. The first kappa shape index (κ1) is 26.0. The number of carbonyl (C=O) groups is 2. The van der Waals surface area contributed by atoms with Crippen molar-refractivity contribution in [2.24, 2.45) is 0 Å². The van der Waals surface area contributed by atoms with Crippen LogP contribution in [-0.4, -0.2) is 27.4 Å². The Morgan fingerprint density at radius 3 is 2.05 bits per heavy atom. The van der Waals surface area contributed by atoms with Gasteiger partial charge in [-0.05, 0) is 54.6 Å². The zero-order chi connectivity index (χ0) is 27.0. The van der Waals surface area contributed by atoms with Crippen LogP contribution in [-0.2, 0) is 10.0 Å². The number of amides is 3. The second-order valence-electron chi connectivity index (χ2n) is 8.00. The molecule has 0 atom stereocenters. The molecule has 8 nitrogen and oxygen atoms in total. The van der Waals surface area contributed by atoms with Crippen molar-refractivity contribution in [2.45, 2.75) is 4.90 Å². The SMILES string of the molecule is CNC(=O)NS(=O)(=O)c1ccccc1NC(=O)c1ccc(C#Cc2ccccc2)cc1Nc1ccccc1. The number of hydrogen-bond donors (Lipinski definition) is 4. The summed E-state index contributed by atoms with van der Waals surface area (Å²) >= 11 is 0. The van der Waals surface area contributed by atoms with E-state index in [0.29, 0.717) is 11.3 Å². The molecule has 0 fully saturated rings. The van der Waals surface area contributed by atoms with Gasteiger partial charge in [0.2, 0.25) is 0 Å². The van der Waals surface area contributed by atoms with Crippen molar-refractivity contribution in [2.75, 3.05) is 17.7 Å². The third-order valence-corrected chi connectivity index (χ3v) is 6.71. The van der Waals surface area contributed by atoms with Crippen molar-refractivity contribution in [3.05, 3.63) is 120 Å². The largest absolute Gasteiger partial charge is 0.355 e. The van der Waals surface area contributed by atoms with Crippen molar-refractivity contribution in [3.63, 3.8) is 0 Å². The van der Waals surface area contributed by atoms with E-state index in [1.165, 1.54) is 25.2 Å². The van der Waals surface area contributed by atoms with Crippen LogP contribution in [0.2, 0.25) is 0 Å². The summed E-state index contributed by atoms with van der Waals surface area (Å²) in [6, 6.07) is 28.9. The van der Waals surface area contributed by atoms with Crippen molar-refractivity contribution < 1.29 is 18.0 Å². The lowest BCUT2D eigenvalue weighted by molar-refractivity contribution is 0.102. The van der Waals surface area contributed by atoms with Crippen LogP contribution in [0.4, 0.5) is 21.9 Å². The highest BCUT2D eigenvalue weighted by Gasteiger charge is 2.22. The highest BCUT2D eigenvalue weighted by atomic mass is 32.2. The third-order valence-electron chi connectivity index (χ3n) is 5.32. The molecule has 0 radical (unpaired) electrons. The molecule has 0 heterocycles. The van der Waals surface area contributed by atoms with Gasteiger partial charge in [-0.3, -0.25) is 4.79 Å². The molecule has 9 heteroatoms. The molecule has 190 valence electrons. The van der Waals surface area contributed by atoms with Crippen LogP contribution in [0, 0.1) is 11.8 Å². The van der Waals surface area contributed by atoms with Crippen LogP contribution >= 0.6 is 0 Å². The molecule has 4 N–H and O–H groups in total. The Labute approximate surface area is 221 Å². The predicted molar refractivity (Wildman–Crippen MR) is 148 cm³/mol. The molecule has 0 aromatic heterocycles. The Bertz CT molecular complexity index is 1630. The monoisotopic (exact) mass is 524 g/mol. The van der Waals surface area contributed by atoms with Crippen molar-refractivity contribution in [1.82, 2.24) is 10.0 Å². The number of sulfonamides is 1. The van der Waals surface area contributed by atoms with Gasteiger partial charge in [0.05, 0.1) is 16.9 Å². The predicted octanol–water partition coefficient (Wildman–Crippen LogP) is 4.70. The lowest BCUT2D eigenvalue weighted by Gasteiger charge is -2.15. The van der Waals surface area contributed by atoms with Crippen LogP contribution in [0.15, 0.2) is 108 Å². The molecule has 4 rings (SSSR count). The molecular formula is C29H24N4O4S. The standard InChI is InChI=1S/C29H24N4O4S/c1-30-29(35)33-38(36,37)27-15-9-8-14-25(27)32-28(34)24-19-18-22(17-16-21-10-4-2-5-11-21)20-26(24)31-23-12-6-3-7-13-23/h2-15,18-20,31H,1H3,(H,32,34)(H2,30,33,35). The Morgan fingerprint density at radius 2 is 1.34 bits per heavy atom. The zero-order valence-electron chi connectivity index (χ0n) is 20.4. The molecule has 4 aromatic carbocycles. The van der Waals surface area contributed by atoms with E-state index in [4.69, 9.17) is 0 Å². The van der Waals surface area contributed by atoms with Gasteiger partial charge in [0, 0.05) is 23.9 Å². The molecule has 0 saturated carbocycles. The number of nitrogens with one attached hydrogen (secondary N) is 4. The summed E-state index contributed by atoms with van der Waals surface area (Å²) in [7, 11) is -2.94. The topological polar surface area (TPSA) is 116 Å². The maximum atomic E-state index is 13.4. The van der Waals surface area contributed by atoms with E-state index >= 15 is 0 Å². The fraction of sp³-hybridized carbons (Fsp3) is 0.0345. The molecule has 0 saturated heterocycles. The van der Waals surface area contributed by atoms with E-state index < -0.39 is 22.0 Å². The van der Waals surface area contributed by atoms with Gasteiger partial charge in [-0.25, -0.2) is 17.9 Å². The molecule has 0 aliphatic carbocycles. The number of hydrogen-bond acceptors (Lipinski definition) is 5. The van der Waals surface area contributed by atoms with E-state index in [-0.39, 0.29) is 16.1 Å². The Morgan fingerprint density at radius 1 is 0.711 bits per heavy atom. The summed E-state index contributed by atoms with van der Waals surface area (Å²) < 4.78 is 27.4. The average molecular weight is 525 g/mol. The number of para-hydroxylation sites is 2. The molecule has 38 heavy (non-hydrogen) atoms. The summed E-state index contributed by atoms with van der Waals surface area (Å²) in [6.07, 6.45) is 0. The molecule has 0 spiro atoms. The van der Waals surface area contributed by atoms with E-state index in [9.17, 15) is 18.0 Å². The van der Waals surface area contributed by atoms with E-state index in [1.807, 2.05) is 65.4 Å². The first-order chi connectivity index (χ1) is 18.4. The molecular weight excluding hydrogens is 500 g/mol. The van der Waals surface area contributed by atoms with E-state index in [1.54, 1.807) is 24.3 Å². The molecule has 3 amide bonds. The fourth-order valence-electron chi connectivity index (χ4n) is 3.49. The van der Waals surface area contributed by atoms with Crippen LogP contribution in [0.3, 0.4) is 0 Å². The van der Waals surface area contributed by atoms with Gasteiger partial charge in [-0.15, -0.1) is 0 Å². The van der Waals surface area contributed by atoms with Crippen LogP contribution in [0.5, 0.6) is 0 Å². The first-order valence-electron chi connectivity index (χ1n) is 11.5. The lowest BCUT2D eigenvalue weighted by atomic mass is 10.1. The second kappa shape index (κ2) is 11.8. The quantitative estimate of drug-likeness (QED) is 0.273. The zero-order valence-corrected chi connectivity index (χ0v) is 21.2. The van der Waals surface area contributed by atoms with Crippen LogP contribution in [0.1, 0.15) is 21.5 Å². The number of rotatable bonds is 6. The smallest absolute Gasteiger partial charge is 0.328 e. The van der Waals surface area contributed by atoms with Crippen molar-refractivity contribution in [3.8, 4) is 11.8 Å². The fourth-order valence-corrected chi connectivity index (χ4v) is 4.61. The minimum atomic E-state index is -4.24. The van der Waals surface area contributed by atoms with Gasteiger partial charge in [-0.2, -0.15) is 0 Å². The molecule has 0 aliphatic rings. The average Bonchev–Trinajstić information content (AvgIpc) is 2.93. The van der Waals surface area contributed by atoms with Crippen LogP contribution in [0.25, 0.3) is 0 Å². The normalized spacial score (nSPS) is 10.4. The Kier molecular flexibility index (Phi) is 8.06. The molecule has 0 aliphatic heterocycles. The molecule has 0 bridgehead atoms. The van der Waals surface area contributed by atoms with Gasteiger partial charge >= 0.3 is 6.03 Å². The first-order valence-corrected chi connectivity index (χ1v) is 13.0. The lowest BCUT2D eigenvalue weighted by Crippen LogP contribution is -2.37. The minimum Gasteiger partial charge on any atom is -0.355 e. The van der Waals surface area contributed by atoms with E-state index in [0.717, 1.165) is 11.3 Å². The van der Waals surface area contributed by atoms with Gasteiger partial charge < -0.3 is 16.0 Å². The number of benzene rings is 4. The highest BCUT2D eigenvalue weighted by molar-refractivity contribution is 7.90. The van der Waals surface area contributed by atoms with Gasteiger partial charge in [-0.1, -0.05) is 60.4 Å². The second-order valence-corrected chi connectivity index (χ2v) is 9.65. The molecule has 4 aromatic rings. The van der Waals surface area contributed by atoms with Gasteiger partial charge in [0.1, 0.15) is 4.90 Å². The Hall–Kier alpha value is -5.07. The summed E-state index contributed by atoms with van der Waals surface area (Å²) in [4.78, 5) is 24.8. The maximum Gasteiger partial charge on any atom is 0.328 e. The highest BCUT2D eigenvalue weighted by Crippen LogP contribution is 2.26. The van der Waals surface area contributed by atoms with Crippen molar-refractivity contribution >= 4 is 39.0 Å². The Balaban J connectivity index is 1.68. The third kappa shape index (κ3) is 6.57. The summed E-state index contributed by atoms with van der Waals surface area (Å²) in [5.74, 6) is 5.66.